The summed E-state index contributed by atoms with van der Waals surface area (Å²) in [4.78, 5) is 10.7. The zero-order valence-corrected chi connectivity index (χ0v) is 11.4. The Morgan fingerprint density at radius 1 is 1.42 bits per heavy atom. The molecule has 4 nitrogen and oxygen atoms in total. The van der Waals surface area contributed by atoms with Crippen molar-refractivity contribution in [2.75, 3.05) is 11.9 Å². The number of benzene rings is 1. The van der Waals surface area contributed by atoms with E-state index in [2.05, 4.69) is 21.2 Å². The summed E-state index contributed by atoms with van der Waals surface area (Å²) in [6, 6.07) is 2.31. The molecule has 1 heterocycles. The Labute approximate surface area is 116 Å². The average Bonchev–Trinajstić information content (AvgIpc) is 2.76. The fraction of sp³-hybridized carbons (Fsp3) is 0.417. The number of carboxylic acid groups (broad SMARTS) is 1. The number of halogens is 3. The topological polar surface area (TPSA) is 58.6 Å². The lowest BCUT2D eigenvalue weighted by molar-refractivity contribution is -0.149. The van der Waals surface area contributed by atoms with Crippen molar-refractivity contribution < 1.29 is 23.4 Å². The van der Waals surface area contributed by atoms with E-state index in [0.29, 0.717) is 17.3 Å². The molecule has 0 radical (unpaired) electrons. The number of nitrogens with one attached hydrogen (secondary N) is 1. The molecule has 1 fully saturated rings. The normalized spacial score (nSPS) is 22.5. The van der Waals surface area contributed by atoms with Crippen molar-refractivity contribution in [2.24, 2.45) is 0 Å². The van der Waals surface area contributed by atoms with Crippen LogP contribution >= 0.6 is 15.9 Å². The van der Waals surface area contributed by atoms with Crippen molar-refractivity contribution in [3.63, 3.8) is 0 Å². The van der Waals surface area contributed by atoms with Gasteiger partial charge in [-0.15, -0.1) is 0 Å². The van der Waals surface area contributed by atoms with Crippen LogP contribution in [0.4, 0.5) is 14.5 Å². The highest BCUT2D eigenvalue weighted by Gasteiger charge is 2.30. The van der Waals surface area contributed by atoms with Gasteiger partial charge in [-0.1, -0.05) is 15.9 Å². The van der Waals surface area contributed by atoms with Crippen molar-refractivity contribution in [3.8, 4) is 0 Å². The number of hydrogen-bond donors (Lipinski definition) is 2. The number of ether oxygens (including phenoxy) is 1. The van der Waals surface area contributed by atoms with Crippen LogP contribution in [0, 0.1) is 11.6 Å². The maximum absolute atomic E-state index is 13.5. The molecule has 2 N–H and O–H groups in total. The van der Waals surface area contributed by atoms with Crippen LogP contribution in [0.25, 0.3) is 0 Å². The third-order valence-corrected chi connectivity index (χ3v) is 3.35. The molecule has 2 atom stereocenters. The predicted octanol–water partition coefficient (Wildman–Crippen LogP) is 2.77. The van der Waals surface area contributed by atoms with Crippen molar-refractivity contribution in [1.29, 1.82) is 0 Å². The molecule has 0 spiro atoms. The van der Waals surface area contributed by atoms with Crippen LogP contribution in [0.15, 0.2) is 16.6 Å². The third-order valence-electron chi connectivity index (χ3n) is 2.90. The van der Waals surface area contributed by atoms with E-state index in [4.69, 9.17) is 9.84 Å². The summed E-state index contributed by atoms with van der Waals surface area (Å²) in [5.41, 5.74) is -0.231. The highest BCUT2D eigenvalue weighted by atomic mass is 79.9. The molecule has 1 aliphatic heterocycles. The largest absolute Gasteiger partial charge is 0.479 e. The molecular formula is C12H12BrF2NO3. The Hall–Kier alpha value is -1.21. The lowest BCUT2D eigenvalue weighted by Gasteiger charge is -2.14. The van der Waals surface area contributed by atoms with Gasteiger partial charge in [0.05, 0.1) is 6.10 Å². The van der Waals surface area contributed by atoms with Crippen molar-refractivity contribution in [1.82, 2.24) is 0 Å². The zero-order valence-electron chi connectivity index (χ0n) is 9.83. The van der Waals surface area contributed by atoms with Gasteiger partial charge in [0.25, 0.3) is 0 Å². The zero-order chi connectivity index (χ0) is 14.0. The van der Waals surface area contributed by atoms with E-state index in [0.717, 1.165) is 12.1 Å². The number of hydrogen-bond acceptors (Lipinski definition) is 3. The first kappa shape index (κ1) is 14.2. The highest BCUT2D eigenvalue weighted by molar-refractivity contribution is 9.10. The first-order valence-electron chi connectivity index (χ1n) is 5.74. The summed E-state index contributed by atoms with van der Waals surface area (Å²) in [6.45, 7) is 0.166. The SMILES string of the molecule is O=C(O)C1CCC(CNc2c(F)cc(Br)cc2F)O1. The second kappa shape index (κ2) is 5.83. The van der Waals surface area contributed by atoms with Gasteiger partial charge < -0.3 is 15.2 Å². The third kappa shape index (κ3) is 3.42. The monoisotopic (exact) mass is 335 g/mol. The molecule has 2 unspecified atom stereocenters. The number of carboxylic acids is 1. The van der Waals surface area contributed by atoms with Gasteiger partial charge in [-0.3, -0.25) is 0 Å². The summed E-state index contributed by atoms with van der Waals surface area (Å²) in [7, 11) is 0. The quantitative estimate of drug-likeness (QED) is 0.888. The Morgan fingerprint density at radius 3 is 2.58 bits per heavy atom. The molecule has 19 heavy (non-hydrogen) atoms. The van der Waals surface area contributed by atoms with Crippen molar-refractivity contribution in [2.45, 2.75) is 25.0 Å². The van der Waals surface area contributed by atoms with Crippen LogP contribution in [-0.4, -0.2) is 29.8 Å². The fourth-order valence-electron chi connectivity index (χ4n) is 1.96. The average molecular weight is 336 g/mol. The number of carbonyl (C=O) groups is 1. The summed E-state index contributed by atoms with van der Waals surface area (Å²) in [5, 5.41) is 11.4. The summed E-state index contributed by atoms with van der Waals surface area (Å²) in [6.07, 6.45) is -0.230. The van der Waals surface area contributed by atoms with Gasteiger partial charge in [-0.05, 0) is 25.0 Å². The first-order chi connectivity index (χ1) is 8.97. The van der Waals surface area contributed by atoms with E-state index in [9.17, 15) is 13.6 Å². The molecule has 0 saturated carbocycles. The predicted molar refractivity (Wildman–Crippen MR) is 68.1 cm³/mol. The Kier molecular flexibility index (Phi) is 4.36. The number of rotatable bonds is 4. The van der Waals surface area contributed by atoms with Gasteiger partial charge in [0, 0.05) is 11.0 Å². The minimum absolute atomic E-state index is 0.166. The van der Waals surface area contributed by atoms with E-state index < -0.39 is 23.7 Å². The minimum atomic E-state index is -1.01. The van der Waals surface area contributed by atoms with E-state index in [1.54, 1.807) is 0 Å². The molecule has 104 valence electrons. The first-order valence-corrected chi connectivity index (χ1v) is 6.53. The van der Waals surface area contributed by atoms with E-state index in [1.165, 1.54) is 0 Å². The molecule has 1 aromatic carbocycles. The molecule has 1 aliphatic rings. The molecule has 1 saturated heterocycles. The molecule has 1 aromatic rings. The lowest BCUT2D eigenvalue weighted by atomic mass is 10.2. The van der Waals surface area contributed by atoms with Gasteiger partial charge in [-0.2, -0.15) is 0 Å². The number of aliphatic carboxylic acids is 1. The lowest BCUT2D eigenvalue weighted by Crippen LogP contribution is -2.25. The maximum Gasteiger partial charge on any atom is 0.332 e. The van der Waals surface area contributed by atoms with Gasteiger partial charge in [0.2, 0.25) is 0 Å². The Bertz CT molecular complexity index is 475. The minimum Gasteiger partial charge on any atom is -0.479 e. The van der Waals surface area contributed by atoms with Crippen LogP contribution in [0.5, 0.6) is 0 Å². The Balaban J connectivity index is 1.95. The fourth-order valence-corrected chi connectivity index (χ4v) is 2.37. The standard InChI is InChI=1S/C12H12BrF2NO3/c13-6-3-8(14)11(9(15)4-6)16-5-7-1-2-10(19-7)12(17)18/h3-4,7,10,16H,1-2,5H2,(H,17,18). The van der Waals surface area contributed by atoms with Gasteiger partial charge >= 0.3 is 5.97 Å². The molecule has 7 heteroatoms. The second-order valence-corrected chi connectivity index (χ2v) is 5.20. The highest BCUT2D eigenvalue weighted by Crippen LogP contribution is 2.25. The van der Waals surface area contributed by atoms with Crippen LogP contribution < -0.4 is 5.32 Å². The van der Waals surface area contributed by atoms with Crippen molar-refractivity contribution >= 4 is 27.6 Å². The second-order valence-electron chi connectivity index (χ2n) is 4.29. The molecule has 0 bridgehead atoms. The summed E-state index contributed by atoms with van der Waals surface area (Å²) >= 11 is 2.99. The smallest absolute Gasteiger partial charge is 0.332 e. The van der Waals surface area contributed by atoms with Gasteiger partial charge in [0.1, 0.15) is 17.3 Å². The van der Waals surface area contributed by atoms with Crippen LogP contribution in [0.2, 0.25) is 0 Å². The maximum atomic E-state index is 13.5. The van der Waals surface area contributed by atoms with Crippen LogP contribution in [-0.2, 0) is 9.53 Å². The van der Waals surface area contributed by atoms with Crippen LogP contribution in [0.3, 0.4) is 0 Å². The molecule has 2 rings (SSSR count). The summed E-state index contributed by atoms with van der Waals surface area (Å²) < 4.78 is 32.6. The molecule has 0 amide bonds. The number of anilines is 1. The molecule has 0 aromatic heterocycles. The van der Waals surface area contributed by atoms with E-state index in [1.807, 2.05) is 0 Å². The molecule has 0 aliphatic carbocycles. The van der Waals surface area contributed by atoms with Gasteiger partial charge in [-0.25, -0.2) is 13.6 Å². The molecular weight excluding hydrogens is 324 g/mol. The Morgan fingerprint density at radius 2 is 2.05 bits per heavy atom. The van der Waals surface area contributed by atoms with E-state index in [-0.39, 0.29) is 18.3 Å². The summed E-state index contributed by atoms with van der Waals surface area (Å²) in [5.74, 6) is -2.43. The van der Waals surface area contributed by atoms with Gasteiger partial charge in [0.15, 0.2) is 6.10 Å². The van der Waals surface area contributed by atoms with Crippen LogP contribution in [0.1, 0.15) is 12.8 Å². The van der Waals surface area contributed by atoms with Crippen molar-refractivity contribution in [3.05, 3.63) is 28.2 Å². The van der Waals surface area contributed by atoms with E-state index >= 15 is 0 Å².